The van der Waals surface area contributed by atoms with Crippen molar-refractivity contribution in [1.82, 2.24) is 5.32 Å². The molecule has 1 aliphatic carbocycles. The second-order valence-electron chi connectivity index (χ2n) is 5.75. The molecule has 0 radical (unpaired) electrons. The molecule has 1 rings (SSSR count). The van der Waals surface area contributed by atoms with Crippen molar-refractivity contribution in [2.24, 2.45) is 5.92 Å². The standard InChI is InChI=1S/C15H29NO4/c1-3-13(7-10-17)16-11-15(19)8-5-12(6-9-15)14(18)20-4-2/h12-13,16-17,19H,3-11H2,1-2H3. The summed E-state index contributed by atoms with van der Waals surface area (Å²) in [5.41, 5.74) is -0.730. The van der Waals surface area contributed by atoms with Crippen LogP contribution in [0.15, 0.2) is 0 Å². The highest BCUT2D eigenvalue weighted by atomic mass is 16.5. The Balaban J connectivity index is 2.36. The van der Waals surface area contributed by atoms with Crippen molar-refractivity contribution in [3.8, 4) is 0 Å². The first kappa shape index (κ1) is 17.4. The van der Waals surface area contributed by atoms with Crippen molar-refractivity contribution in [1.29, 1.82) is 0 Å². The molecule has 1 saturated carbocycles. The van der Waals surface area contributed by atoms with E-state index in [1.807, 2.05) is 6.92 Å². The Labute approximate surface area is 121 Å². The van der Waals surface area contributed by atoms with E-state index in [1.54, 1.807) is 0 Å². The Kier molecular flexibility index (Phi) is 7.48. The highest BCUT2D eigenvalue weighted by Gasteiger charge is 2.36. The first-order valence-electron chi connectivity index (χ1n) is 7.78. The van der Waals surface area contributed by atoms with Gasteiger partial charge in [0.15, 0.2) is 0 Å². The van der Waals surface area contributed by atoms with Crippen LogP contribution in [0.1, 0.15) is 52.4 Å². The second kappa shape index (κ2) is 8.60. The lowest BCUT2D eigenvalue weighted by Gasteiger charge is -2.36. The molecular weight excluding hydrogens is 258 g/mol. The van der Waals surface area contributed by atoms with Crippen LogP contribution in [0.25, 0.3) is 0 Å². The van der Waals surface area contributed by atoms with E-state index in [9.17, 15) is 9.90 Å². The van der Waals surface area contributed by atoms with Gasteiger partial charge in [-0.25, -0.2) is 0 Å². The first-order chi connectivity index (χ1) is 9.54. The predicted octanol–water partition coefficient (Wildman–Crippen LogP) is 1.22. The Morgan fingerprint density at radius 1 is 1.40 bits per heavy atom. The maximum absolute atomic E-state index is 11.7. The molecule has 118 valence electrons. The number of aliphatic hydroxyl groups excluding tert-OH is 1. The normalized spacial score (nSPS) is 28.1. The fourth-order valence-corrected chi connectivity index (χ4v) is 2.77. The fourth-order valence-electron chi connectivity index (χ4n) is 2.77. The third kappa shape index (κ3) is 5.38. The summed E-state index contributed by atoms with van der Waals surface area (Å²) < 4.78 is 5.03. The van der Waals surface area contributed by atoms with E-state index in [-0.39, 0.29) is 24.5 Å². The minimum atomic E-state index is -0.730. The molecule has 0 aromatic heterocycles. The molecule has 3 N–H and O–H groups in total. The van der Waals surface area contributed by atoms with Gasteiger partial charge in [0, 0.05) is 19.2 Å². The van der Waals surface area contributed by atoms with E-state index in [0.29, 0.717) is 45.3 Å². The van der Waals surface area contributed by atoms with Gasteiger partial charge in [-0.1, -0.05) is 6.92 Å². The summed E-state index contributed by atoms with van der Waals surface area (Å²) >= 11 is 0. The third-order valence-corrected chi connectivity index (χ3v) is 4.23. The zero-order valence-corrected chi connectivity index (χ0v) is 12.7. The van der Waals surface area contributed by atoms with E-state index in [0.717, 1.165) is 6.42 Å². The molecule has 1 fully saturated rings. The number of carbonyl (C=O) groups is 1. The highest BCUT2D eigenvalue weighted by Crippen LogP contribution is 2.32. The van der Waals surface area contributed by atoms with Gasteiger partial charge in [0.1, 0.15) is 0 Å². The number of rotatable bonds is 8. The Bertz CT molecular complexity index is 288. The van der Waals surface area contributed by atoms with Crippen molar-refractivity contribution >= 4 is 5.97 Å². The number of hydrogen-bond acceptors (Lipinski definition) is 5. The minimum Gasteiger partial charge on any atom is -0.466 e. The van der Waals surface area contributed by atoms with Gasteiger partial charge < -0.3 is 20.3 Å². The smallest absolute Gasteiger partial charge is 0.308 e. The van der Waals surface area contributed by atoms with Gasteiger partial charge in [-0.2, -0.15) is 0 Å². The molecule has 0 heterocycles. The van der Waals surface area contributed by atoms with E-state index in [2.05, 4.69) is 12.2 Å². The van der Waals surface area contributed by atoms with Crippen LogP contribution in [0.3, 0.4) is 0 Å². The van der Waals surface area contributed by atoms with Gasteiger partial charge in [0.05, 0.1) is 18.1 Å². The Morgan fingerprint density at radius 2 is 2.05 bits per heavy atom. The molecule has 20 heavy (non-hydrogen) atoms. The summed E-state index contributed by atoms with van der Waals surface area (Å²) in [4.78, 5) is 11.7. The predicted molar refractivity (Wildman–Crippen MR) is 77.3 cm³/mol. The molecule has 0 saturated heterocycles. The van der Waals surface area contributed by atoms with Crippen molar-refractivity contribution < 1.29 is 19.7 Å². The summed E-state index contributed by atoms with van der Waals surface area (Å²) in [6.07, 6.45) is 4.26. The molecule has 0 spiro atoms. The number of hydrogen-bond donors (Lipinski definition) is 3. The number of nitrogens with one attached hydrogen (secondary N) is 1. The van der Waals surface area contributed by atoms with Crippen LogP contribution in [-0.2, 0) is 9.53 Å². The average Bonchev–Trinajstić information content (AvgIpc) is 2.44. The molecule has 5 nitrogen and oxygen atoms in total. The van der Waals surface area contributed by atoms with Crippen LogP contribution in [0.5, 0.6) is 0 Å². The average molecular weight is 287 g/mol. The van der Waals surface area contributed by atoms with Crippen LogP contribution in [0, 0.1) is 5.92 Å². The molecule has 5 heteroatoms. The van der Waals surface area contributed by atoms with Crippen molar-refractivity contribution in [2.45, 2.75) is 64.0 Å². The quantitative estimate of drug-likeness (QED) is 0.585. The van der Waals surface area contributed by atoms with E-state index >= 15 is 0 Å². The lowest BCUT2D eigenvalue weighted by molar-refractivity contribution is -0.151. The van der Waals surface area contributed by atoms with E-state index in [4.69, 9.17) is 9.84 Å². The number of esters is 1. The molecule has 1 unspecified atom stereocenters. The number of carbonyl (C=O) groups excluding carboxylic acids is 1. The van der Waals surface area contributed by atoms with Gasteiger partial charge in [-0.15, -0.1) is 0 Å². The maximum atomic E-state index is 11.7. The maximum Gasteiger partial charge on any atom is 0.308 e. The third-order valence-electron chi connectivity index (χ3n) is 4.23. The molecule has 0 aliphatic heterocycles. The molecule has 1 aliphatic rings. The van der Waals surface area contributed by atoms with Gasteiger partial charge >= 0.3 is 5.97 Å². The van der Waals surface area contributed by atoms with E-state index < -0.39 is 5.60 Å². The van der Waals surface area contributed by atoms with E-state index in [1.165, 1.54) is 0 Å². The molecule has 1 atom stereocenters. The van der Waals surface area contributed by atoms with Gasteiger partial charge in [-0.3, -0.25) is 4.79 Å². The molecule has 0 aromatic carbocycles. The lowest BCUT2D eigenvalue weighted by Crippen LogP contribution is -2.47. The van der Waals surface area contributed by atoms with Crippen LogP contribution in [0.2, 0.25) is 0 Å². The minimum absolute atomic E-state index is 0.0605. The van der Waals surface area contributed by atoms with Crippen LogP contribution in [-0.4, -0.2) is 47.6 Å². The van der Waals surface area contributed by atoms with Crippen LogP contribution in [0.4, 0.5) is 0 Å². The van der Waals surface area contributed by atoms with Crippen molar-refractivity contribution in [3.63, 3.8) is 0 Å². The molecule has 0 aromatic rings. The Morgan fingerprint density at radius 3 is 2.55 bits per heavy atom. The summed E-state index contributed by atoms with van der Waals surface area (Å²) in [6, 6.07) is 0.242. The number of ether oxygens (including phenoxy) is 1. The van der Waals surface area contributed by atoms with Crippen LogP contribution < -0.4 is 5.32 Å². The summed E-state index contributed by atoms with van der Waals surface area (Å²) in [6.45, 7) is 4.98. The topological polar surface area (TPSA) is 78.8 Å². The van der Waals surface area contributed by atoms with Gasteiger partial charge in [0.25, 0.3) is 0 Å². The molecule has 0 amide bonds. The second-order valence-corrected chi connectivity index (χ2v) is 5.75. The SMILES string of the molecule is CCOC(=O)C1CCC(O)(CNC(CC)CCO)CC1. The first-order valence-corrected chi connectivity index (χ1v) is 7.78. The summed E-state index contributed by atoms with van der Waals surface area (Å²) in [7, 11) is 0. The summed E-state index contributed by atoms with van der Waals surface area (Å²) in [5, 5.41) is 22.8. The van der Waals surface area contributed by atoms with Crippen LogP contribution >= 0.6 is 0 Å². The highest BCUT2D eigenvalue weighted by molar-refractivity contribution is 5.72. The zero-order valence-electron chi connectivity index (χ0n) is 12.7. The molecule has 0 bridgehead atoms. The van der Waals surface area contributed by atoms with Gasteiger partial charge in [0.2, 0.25) is 0 Å². The lowest BCUT2D eigenvalue weighted by atomic mass is 9.78. The largest absolute Gasteiger partial charge is 0.466 e. The van der Waals surface area contributed by atoms with Crippen molar-refractivity contribution in [3.05, 3.63) is 0 Å². The van der Waals surface area contributed by atoms with Gasteiger partial charge in [-0.05, 0) is 45.4 Å². The van der Waals surface area contributed by atoms with Crippen molar-refractivity contribution in [2.75, 3.05) is 19.8 Å². The zero-order chi connectivity index (χ0) is 15.0. The summed E-state index contributed by atoms with van der Waals surface area (Å²) in [5.74, 6) is -0.191. The monoisotopic (exact) mass is 287 g/mol. The fraction of sp³-hybridized carbons (Fsp3) is 0.933. The number of aliphatic hydroxyl groups is 2. The Hall–Kier alpha value is -0.650. The molecular formula is C15H29NO4.